The third-order valence-electron chi connectivity index (χ3n) is 3.33. The Kier molecular flexibility index (Phi) is 5.45. The van der Waals surface area contributed by atoms with Gasteiger partial charge in [0.2, 0.25) is 12.2 Å². The molecule has 9 heteroatoms. The number of carbonyl (C=O) groups excluding carboxylic acids is 3. The van der Waals surface area contributed by atoms with Crippen molar-refractivity contribution in [3.63, 3.8) is 0 Å². The largest absolute Gasteiger partial charge is 0.547 e. The van der Waals surface area contributed by atoms with Crippen molar-refractivity contribution < 1.29 is 33.5 Å². The van der Waals surface area contributed by atoms with Gasteiger partial charge in [0, 0.05) is 20.8 Å². The lowest BCUT2D eigenvalue weighted by Gasteiger charge is -2.29. The molecule has 1 aromatic rings. The molecular weight excluding hydrogens is 317 g/mol. The first-order valence-electron chi connectivity index (χ1n) is 7.40. The Morgan fingerprint density at radius 2 is 2.04 bits per heavy atom. The van der Waals surface area contributed by atoms with Crippen molar-refractivity contribution in [2.75, 3.05) is 0 Å². The van der Waals surface area contributed by atoms with Gasteiger partial charge in [-0.25, -0.2) is 4.79 Å². The van der Waals surface area contributed by atoms with Crippen LogP contribution in [0.15, 0.2) is 18.2 Å². The zero-order valence-electron chi connectivity index (χ0n) is 13.6. The lowest BCUT2D eigenvalue weighted by Crippen LogP contribution is -2.52. The van der Waals surface area contributed by atoms with Gasteiger partial charge in [-0.2, -0.15) is 0 Å². The van der Waals surface area contributed by atoms with Gasteiger partial charge in [-0.05, 0) is 18.1 Å². The summed E-state index contributed by atoms with van der Waals surface area (Å²) in [7, 11) is -1.29. The Morgan fingerprint density at radius 1 is 1.33 bits per heavy atom. The Hall–Kier alpha value is -2.55. The predicted molar refractivity (Wildman–Crippen MR) is 83.0 cm³/mol. The van der Waals surface area contributed by atoms with Crippen molar-refractivity contribution in [2.45, 2.75) is 39.4 Å². The number of benzene rings is 1. The highest BCUT2D eigenvalue weighted by Gasteiger charge is 2.37. The van der Waals surface area contributed by atoms with Gasteiger partial charge >= 0.3 is 19.1 Å². The van der Waals surface area contributed by atoms with Crippen molar-refractivity contribution in [2.24, 2.45) is 0 Å². The van der Waals surface area contributed by atoms with E-state index in [4.69, 9.17) is 14.1 Å². The molecule has 1 aliphatic rings. The zero-order chi connectivity index (χ0) is 17.9. The highest BCUT2D eigenvalue weighted by molar-refractivity contribution is 6.47. The number of hydrogen-bond acceptors (Lipinski definition) is 7. The lowest BCUT2D eigenvalue weighted by molar-refractivity contribution is -0.162. The van der Waals surface area contributed by atoms with Gasteiger partial charge < -0.3 is 24.5 Å². The van der Waals surface area contributed by atoms with E-state index in [0.717, 1.165) is 0 Å². The maximum Gasteiger partial charge on any atom is 0.547 e. The quantitative estimate of drug-likeness (QED) is 0.460. The average molecular weight is 335 g/mol. The molecule has 2 N–H and O–H groups in total. The van der Waals surface area contributed by atoms with Crippen molar-refractivity contribution >= 4 is 25.0 Å². The first-order chi connectivity index (χ1) is 11.3. The normalized spacial score (nSPS) is 17.2. The van der Waals surface area contributed by atoms with E-state index < -0.39 is 31.3 Å². The number of nitrogens with one attached hydrogen (secondary N) is 1. The molecule has 0 bridgehead atoms. The fraction of sp³-hybridized carbons (Fsp3) is 0.400. The molecule has 1 heterocycles. The zero-order valence-corrected chi connectivity index (χ0v) is 13.6. The summed E-state index contributed by atoms with van der Waals surface area (Å²) < 4.78 is 15.2. The van der Waals surface area contributed by atoms with Crippen LogP contribution in [0, 0.1) is 0 Å². The SMILES string of the molecule is CC(=O)NC1Cc2cccc(C(=O)OC(C)OC(C)=O)c2OB1O. The number of para-hydroxylation sites is 1. The third kappa shape index (κ3) is 4.26. The monoisotopic (exact) mass is 335 g/mol. The summed E-state index contributed by atoms with van der Waals surface area (Å²) in [6, 6.07) is 4.84. The molecule has 0 aliphatic carbocycles. The summed E-state index contributed by atoms with van der Waals surface area (Å²) in [5.41, 5.74) is 0.750. The van der Waals surface area contributed by atoms with Crippen LogP contribution in [0.5, 0.6) is 5.75 Å². The second-order valence-corrected chi connectivity index (χ2v) is 5.40. The Labute approximate surface area is 139 Å². The Morgan fingerprint density at radius 3 is 2.67 bits per heavy atom. The smallest absolute Gasteiger partial charge is 0.534 e. The molecule has 0 saturated heterocycles. The number of carbonyl (C=O) groups is 3. The van der Waals surface area contributed by atoms with Crippen molar-refractivity contribution in [1.29, 1.82) is 0 Å². The van der Waals surface area contributed by atoms with Crippen LogP contribution in [-0.2, 0) is 25.5 Å². The van der Waals surface area contributed by atoms with Gasteiger partial charge in [-0.1, -0.05) is 12.1 Å². The van der Waals surface area contributed by atoms with E-state index in [1.807, 2.05) is 0 Å². The maximum atomic E-state index is 12.2. The third-order valence-corrected chi connectivity index (χ3v) is 3.33. The van der Waals surface area contributed by atoms with E-state index in [-0.39, 0.29) is 17.2 Å². The molecule has 8 nitrogen and oxygen atoms in total. The van der Waals surface area contributed by atoms with Gasteiger partial charge in [0.1, 0.15) is 11.3 Å². The fourth-order valence-corrected chi connectivity index (χ4v) is 2.44. The molecule has 1 aliphatic heterocycles. The number of ether oxygens (including phenoxy) is 2. The molecule has 0 spiro atoms. The second-order valence-electron chi connectivity index (χ2n) is 5.40. The number of rotatable bonds is 4. The average Bonchev–Trinajstić information content (AvgIpc) is 2.45. The first kappa shape index (κ1) is 17.8. The molecule has 2 atom stereocenters. The van der Waals surface area contributed by atoms with Gasteiger partial charge in [0.05, 0.1) is 5.94 Å². The summed E-state index contributed by atoms with van der Waals surface area (Å²) in [5.74, 6) is -2.04. The van der Waals surface area contributed by atoms with E-state index >= 15 is 0 Å². The predicted octanol–water partition coefficient (Wildman–Crippen LogP) is 0.212. The molecule has 1 amide bonds. The first-order valence-corrected chi connectivity index (χ1v) is 7.40. The van der Waals surface area contributed by atoms with Gasteiger partial charge in [-0.3, -0.25) is 9.59 Å². The van der Waals surface area contributed by atoms with Crippen molar-refractivity contribution in [1.82, 2.24) is 5.32 Å². The molecule has 2 unspecified atom stereocenters. The number of fused-ring (bicyclic) bond motifs is 1. The van der Waals surface area contributed by atoms with E-state index in [2.05, 4.69) is 5.32 Å². The van der Waals surface area contributed by atoms with Crippen molar-refractivity contribution in [3.05, 3.63) is 29.3 Å². The van der Waals surface area contributed by atoms with Crippen LogP contribution in [0.1, 0.15) is 36.7 Å². The van der Waals surface area contributed by atoms with Crippen LogP contribution < -0.4 is 9.97 Å². The van der Waals surface area contributed by atoms with E-state index in [9.17, 15) is 19.4 Å². The molecule has 0 radical (unpaired) electrons. The van der Waals surface area contributed by atoms with Gasteiger partial charge in [0.25, 0.3) is 0 Å². The summed E-state index contributed by atoms with van der Waals surface area (Å²) in [5, 5.41) is 12.6. The minimum Gasteiger partial charge on any atom is -0.534 e. The maximum absolute atomic E-state index is 12.2. The number of esters is 2. The molecule has 128 valence electrons. The van der Waals surface area contributed by atoms with Crippen molar-refractivity contribution in [3.8, 4) is 5.75 Å². The van der Waals surface area contributed by atoms with Crippen LogP contribution >= 0.6 is 0 Å². The van der Waals surface area contributed by atoms with Crippen LogP contribution in [0.3, 0.4) is 0 Å². The standard InChI is InChI=1S/C15H18BNO7/c1-8(18)17-13-7-11-5-4-6-12(14(11)24-16(13)21)15(20)23-10(3)22-9(2)19/h4-6,10,13,21H,7H2,1-3H3,(H,17,18). The minimum atomic E-state index is -1.29. The Balaban J connectivity index is 2.19. The van der Waals surface area contributed by atoms with Crippen LogP contribution in [0.2, 0.25) is 0 Å². The Bertz CT molecular complexity index is 663. The van der Waals surface area contributed by atoms with E-state index in [1.54, 1.807) is 12.1 Å². The van der Waals surface area contributed by atoms with E-state index in [1.165, 1.54) is 26.8 Å². The lowest BCUT2D eigenvalue weighted by atomic mass is 9.72. The van der Waals surface area contributed by atoms with Gasteiger partial charge in [-0.15, -0.1) is 0 Å². The van der Waals surface area contributed by atoms with Gasteiger partial charge in [0.15, 0.2) is 0 Å². The molecule has 1 aromatic carbocycles. The summed E-state index contributed by atoms with van der Waals surface area (Å²) in [4.78, 5) is 34.3. The molecule has 2 rings (SSSR count). The summed E-state index contributed by atoms with van der Waals surface area (Å²) >= 11 is 0. The molecule has 0 fully saturated rings. The summed E-state index contributed by atoms with van der Waals surface area (Å²) in [6.07, 6.45) is -0.747. The fourth-order valence-electron chi connectivity index (χ4n) is 2.44. The highest BCUT2D eigenvalue weighted by atomic mass is 16.7. The number of amides is 1. The number of hydrogen-bond donors (Lipinski definition) is 2. The van der Waals surface area contributed by atoms with Crippen LogP contribution in [0.4, 0.5) is 0 Å². The molecular formula is C15H18BNO7. The molecule has 24 heavy (non-hydrogen) atoms. The highest BCUT2D eigenvalue weighted by Crippen LogP contribution is 2.30. The minimum absolute atomic E-state index is 0.104. The van der Waals surface area contributed by atoms with Crippen LogP contribution in [0.25, 0.3) is 0 Å². The summed E-state index contributed by atoms with van der Waals surface area (Å²) in [6.45, 7) is 3.96. The molecule has 0 saturated carbocycles. The van der Waals surface area contributed by atoms with E-state index in [0.29, 0.717) is 12.0 Å². The topological polar surface area (TPSA) is 111 Å². The molecule has 0 aromatic heterocycles. The van der Waals surface area contributed by atoms with Crippen LogP contribution in [-0.4, -0.2) is 42.2 Å². The second kappa shape index (κ2) is 7.35.